The van der Waals surface area contributed by atoms with Crippen LogP contribution < -0.4 is 4.74 Å². The van der Waals surface area contributed by atoms with Gasteiger partial charge >= 0.3 is 0 Å². The minimum absolute atomic E-state index is 0. The maximum Gasteiger partial charge on any atom is 0.128 e. The molecular formula is C25H39ClN2O. The lowest BCUT2D eigenvalue weighted by molar-refractivity contribution is 0.308. The molecule has 0 bridgehead atoms. The third kappa shape index (κ3) is 7.54. The van der Waals surface area contributed by atoms with Gasteiger partial charge in [0.05, 0.1) is 6.61 Å². The molecule has 0 spiro atoms. The number of rotatable bonds is 13. The average Bonchev–Trinajstić information content (AvgIpc) is 2.72. The van der Waals surface area contributed by atoms with Gasteiger partial charge in [0.25, 0.3) is 0 Å². The predicted molar refractivity (Wildman–Crippen MR) is 129 cm³/mol. The van der Waals surface area contributed by atoms with Gasteiger partial charge in [0.1, 0.15) is 11.6 Å². The molecule has 0 aliphatic carbocycles. The summed E-state index contributed by atoms with van der Waals surface area (Å²) >= 11 is 0. The SMILES string of the molecule is CCCCCCCCOc1ccc(C(=N)N(CCC)CCC)c2ccccc12.Cl. The molecule has 0 saturated heterocycles. The fraction of sp³-hybridized carbons (Fsp3) is 0.560. The van der Waals surface area contributed by atoms with Gasteiger partial charge in [-0.05, 0) is 36.8 Å². The van der Waals surface area contributed by atoms with Gasteiger partial charge in [0, 0.05) is 24.0 Å². The Morgan fingerprint density at radius 1 is 0.793 bits per heavy atom. The normalized spacial score (nSPS) is 10.6. The maximum atomic E-state index is 8.78. The van der Waals surface area contributed by atoms with Crippen molar-refractivity contribution < 1.29 is 4.74 Å². The summed E-state index contributed by atoms with van der Waals surface area (Å²) in [5.41, 5.74) is 1.00. The predicted octanol–water partition coefficient (Wildman–Crippen LogP) is 7.45. The number of fused-ring (bicyclic) bond motifs is 1. The molecule has 0 heterocycles. The number of hydrogen-bond donors (Lipinski definition) is 1. The molecule has 0 saturated carbocycles. The topological polar surface area (TPSA) is 36.3 Å². The molecule has 0 fully saturated rings. The van der Waals surface area contributed by atoms with E-state index in [-0.39, 0.29) is 12.4 Å². The van der Waals surface area contributed by atoms with E-state index in [9.17, 15) is 0 Å². The Labute approximate surface area is 183 Å². The minimum atomic E-state index is 0. The molecule has 0 radical (unpaired) electrons. The lowest BCUT2D eigenvalue weighted by Gasteiger charge is -2.25. The summed E-state index contributed by atoms with van der Waals surface area (Å²) in [7, 11) is 0. The summed E-state index contributed by atoms with van der Waals surface area (Å²) in [4.78, 5) is 2.19. The van der Waals surface area contributed by atoms with Crippen molar-refractivity contribution >= 4 is 29.0 Å². The van der Waals surface area contributed by atoms with E-state index in [4.69, 9.17) is 10.1 Å². The molecule has 4 heteroatoms. The second-order valence-electron chi connectivity index (χ2n) is 7.61. The number of unbranched alkanes of at least 4 members (excludes halogenated alkanes) is 5. The Bertz CT molecular complexity index is 726. The number of benzene rings is 2. The van der Waals surface area contributed by atoms with Crippen molar-refractivity contribution in [3.8, 4) is 5.75 Å². The van der Waals surface area contributed by atoms with Crippen LogP contribution in [0.3, 0.4) is 0 Å². The van der Waals surface area contributed by atoms with E-state index >= 15 is 0 Å². The third-order valence-electron chi connectivity index (χ3n) is 5.20. The summed E-state index contributed by atoms with van der Waals surface area (Å²) in [6.07, 6.45) is 9.73. The van der Waals surface area contributed by atoms with Crippen LogP contribution >= 0.6 is 12.4 Å². The molecule has 2 aromatic rings. The molecule has 29 heavy (non-hydrogen) atoms. The first-order valence-corrected chi connectivity index (χ1v) is 11.2. The van der Waals surface area contributed by atoms with Gasteiger partial charge in [-0.1, -0.05) is 77.1 Å². The van der Waals surface area contributed by atoms with Crippen molar-refractivity contribution in [1.82, 2.24) is 4.90 Å². The summed E-state index contributed by atoms with van der Waals surface area (Å²) in [5.74, 6) is 1.57. The van der Waals surface area contributed by atoms with Crippen LogP contribution in [0, 0.1) is 5.41 Å². The third-order valence-corrected chi connectivity index (χ3v) is 5.20. The van der Waals surface area contributed by atoms with Crippen LogP contribution in [0.2, 0.25) is 0 Å². The lowest BCUT2D eigenvalue weighted by Crippen LogP contribution is -2.32. The number of halogens is 1. The second-order valence-corrected chi connectivity index (χ2v) is 7.61. The highest BCUT2D eigenvalue weighted by Crippen LogP contribution is 2.29. The Balaban J connectivity index is 0.00000420. The zero-order valence-electron chi connectivity index (χ0n) is 18.5. The molecular weight excluding hydrogens is 380 g/mol. The minimum Gasteiger partial charge on any atom is -0.493 e. The number of hydrogen-bond acceptors (Lipinski definition) is 2. The van der Waals surface area contributed by atoms with Crippen LogP contribution in [-0.2, 0) is 0 Å². The molecule has 0 amide bonds. The number of nitrogens with one attached hydrogen (secondary N) is 1. The van der Waals surface area contributed by atoms with Crippen LogP contribution in [0.25, 0.3) is 10.8 Å². The van der Waals surface area contributed by atoms with Crippen molar-refractivity contribution in [3.05, 3.63) is 42.0 Å². The standard InChI is InChI=1S/C25H38N2O.ClH/c1-4-7-8-9-10-13-20-28-24-17-16-23(21-14-11-12-15-22(21)24)25(26)27(18-5-2)19-6-3;/h11-12,14-17,26H,4-10,13,18-20H2,1-3H3;1H. The molecule has 0 aromatic heterocycles. The zero-order valence-corrected chi connectivity index (χ0v) is 19.3. The van der Waals surface area contributed by atoms with E-state index in [1.165, 1.54) is 32.1 Å². The molecule has 1 N–H and O–H groups in total. The molecule has 2 rings (SSSR count). The summed E-state index contributed by atoms with van der Waals surface area (Å²) in [6, 6.07) is 12.5. The maximum absolute atomic E-state index is 8.78. The Morgan fingerprint density at radius 2 is 1.41 bits per heavy atom. The average molecular weight is 419 g/mol. The van der Waals surface area contributed by atoms with Crippen LogP contribution in [0.4, 0.5) is 0 Å². The number of ether oxygens (including phenoxy) is 1. The van der Waals surface area contributed by atoms with Gasteiger partial charge in [0.15, 0.2) is 0 Å². The summed E-state index contributed by atoms with van der Waals surface area (Å²) < 4.78 is 6.13. The Morgan fingerprint density at radius 3 is 2.07 bits per heavy atom. The van der Waals surface area contributed by atoms with E-state index < -0.39 is 0 Å². The molecule has 0 aliphatic heterocycles. The number of nitrogens with zero attached hydrogens (tertiary/aromatic N) is 1. The first kappa shape index (κ1) is 25.3. The van der Waals surface area contributed by atoms with E-state index in [1.807, 2.05) is 0 Å². The van der Waals surface area contributed by atoms with Crippen molar-refractivity contribution in [3.63, 3.8) is 0 Å². The van der Waals surface area contributed by atoms with Gasteiger partial charge in [0.2, 0.25) is 0 Å². The molecule has 0 unspecified atom stereocenters. The Hall–Kier alpha value is -1.74. The largest absolute Gasteiger partial charge is 0.493 e. The highest BCUT2D eigenvalue weighted by Gasteiger charge is 2.15. The number of amidine groups is 1. The van der Waals surface area contributed by atoms with Gasteiger partial charge in [-0.25, -0.2) is 0 Å². The van der Waals surface area contributed by atoms with Gasteiger partial charge in [-0.15, -0.1) is 12.4 Å². The smallest absolute Gasteiger partial charge is 0.128 e. The van der Waals surface area contributed by atoms with Crippen molar-refractivity contribution in [2.45, 2.75) is 72.1 Å². The van der Waals surface area contributed by atoms with Crippen molar-refractivity contribution in [1.29, 1.82) is 5.41 Å². The molecule has 2 aromatic carbocycles. The summed E-state index contributed by atoms with van der Waals surface area (Å²) in [5, 5.41) is 11.0. The fourth-order valence-corrected chi connectivity index (χ4v) is 3.71. The summed E-state index contributed by atoms with van der Waals surface area (Å²) in [6.45, 7) is 9.22. The molecule has 3 nitrogen and oxygen atoms in total. The van der Waals surface area contributed by atoms with Crippen LogP contribution in [0.5, 0.6) is 5.75 Å². The Kier molecular flexibility index (Phi) is 12.5. The first-order chi connectivity index (χ1) is 13.7. The van der Waals surface area contributed by atoms with Gasteiger partial charge < -0.3 is 9.64 Å². The highest BCUT2D eigenvalue weighted by molar-refractivity contribution is 6.09. The molecule has 162 valence electrons. The van der Waals surface area contributed by atoms with Gasteiger partial charge in [-0.2, -0.15) is 0 Å². The molecule has 0 atom stereocenters. The van der Waals surface area contributed by atoms with Crippen LogP contribution in [-0.4, -0.2) is 30.4 Å². The van der Waals surface area contributed by atoms with Crippen molar-refractivity contribution in [2.75, 3.05) is 19.7 Å². The monoisotopic (exact) mass is 418 g/mol. The van der Waals surface area contributed by atoms with Crippen LogP contribution in [0.15, 0.2) is 36.4 Å². The van der Waals surface area contributed by atoms with Crippen molar-refractivity contribution in [2.24, 2.45) is 0 Å². The van der Waals surface area contributed by atoms with Gasteiger partial charge in [-0.3, -0.25) is 5.41 Å². The van der Waals surface area contributed by atoms with E-state index in [1.54, 1.807) is 0 Å². The van der Waals surface area contributed by atoms with E-state index in [0.29, 0.717) is 5.84 Å². The highest BCUT2D eigenvalue weighted by atomic mass is 35.5. The first-order valence-electron chi connectivity index (χ1n) is 11.2. The quantitative estimate of drug-likeness (QED) is 0.208. The fourth-order valence-electron chi connectivity index (χ4n) is 3.71. The van der Waals surface area contributed by atoms with E-state index in [0.717, 1.165) is 61.0 Å². The molecule has 0 aliphatic rings. The zero-order chi connectivity index (χ0) is 20.2. The second kappa shape index (κ2) is 14.3. The van der Waals surface area contributed by atoms with Crippen LogP contribution in [0.1, 0.15) is 77.7 Å². The van der Waals surface area contributed by atoms with E-state index in [2.05, 4.69) is 62.1 Å². The lowest BCUT2D eigenvalue weighted by atomic mass is 10.0.